The van der Waals surface area contributed by atoms with Gasteiger partial charge in [-0.1, -0.05) is 18.2 Å². The number of H-pyrrole nitrogens is 1. The van der Waals surface area contributed by atoms with E-state index in [-0.39, 0.29) is 25.0 Å². The number of rotatable bonds is 6. The van der Waals surface area contributed by atoms with Crippen molar-refractivity contribution in [2.45, 2.75) is 26.4 Å². The number of ether oxygens (including phenoxy) is 1. The number of nitrogens with zero attached hydrogens (tertiary/aromatic N) is 2. The molecule has 2 N–H and O–H groups in total. The summed E-state index contributed by atoms with van der Waals surface area (Å²) in [6.07, 6.45) is 1.73. The maximum Gasteiger partial charge on any atom is 0.303 e. The first kappa shape index (κ1) is 15.8. The van der Waals surface area contributed by atoms with Crippen LogP contribution in [0.1, 0.15) is 23.2 Å². The minimum Gasteiger partial charge on any atom is -0.489 e. The number of aromatic nitrogens is 3. The molecule has 0 unspecified atom stereocenters. The van der Waals surface area contributed by atoms with Crippen LogP contribution in [0.5, 0.6) is 5.75 Å². The van der Waals surface area contributed by atoms with Crippen LogP contribution in [0.15, 0.2) is 41.3 Å². The van der Waals surface area contributed by atoms with Crippen LogP contribution in [0.2, 0.25) is 0 Å². The number of fused-ring (bicyclic) bond motifs is 1. The molecule has 0 bridgehead atoms. The van der Waals surface area contributed by atoms with E-state index in [1.165, 1.54) is 4.52 Å². The monoisotopic (exact) mass is 327 g/mol. The molecule has 0 atom stereocenters. The average Bonchev–Trinajstić information content (AvgIpc) is 2.96. The zero-order valence-electron chi connectivity index (χ0n) is 13.2. The number of carboxylic acids is 1. The molecule has 0 radical (unpaired) electrons. The van der Waals surface area contributed by atoms with Gasteiger partial charge in [-0.05, 0) is 25.5 Å². The zero-order valence-corrected chi connectivity index (χ0v) is 13.2. The second kappa shape index (κ2) is 6.57. The number of carboxylic acid groups (broad SMARTS) is 1. The summed E-state index contributed by atoms with van der Waals surface area (Å²) >= 11 is 0. The van der Waals surface area contributed by atoms with E-state index in [9.17, 15) is 9.59 Å². The Morgan fingerprint density at radius 3 is 2.79 bits per heavy atom. The second-order valence-corrected chi connectivity index (χ2v) is 5.43. The number of aliphatic carboxylic acids is 1. The second-order valence-electron chi connectivity index (χ2n) is 5.43. The van der Waals surface area contributed by atoms with E-state index in [2.05, 4.69) is 10.1 Å². The van der Waals surface area contributed by atoms with Crippen LogP contribution in [0.25, 0.3) is 5.65 Å². The third kappa shape index (κ3) is 3.15. The number of para-hydroxylation sites is 1. The van der Waals surface area contributed by atoms with Crippen molar-refractivity contribution in [2.24, 2.45) is 0 Å². The van der Waals surface area contributed by atoms with Gasteiger partial charge in [0, 0.05) is 23.9 Å². The molecule has 0 aliphatic carbocycles. The predicted octanol–water partition coefficient (Wildman–Crippen LogP) is 1.93. The first-order chi connectivity index (χ1) is 11.6. The minimum absolute atomic E-state index is 0.103. The third-order valence-corrected chi connectivity index (χ3v) is 3.76. The zero-order chi connectivity index (χ0) is 17.1. The van der Waals surface area contributed by atoms with Crippen LogP contribution in [-0.2, 0) is 17.8 Å². The molecular formula is C17H17N3O4. The van der Waals surface area contributed by atoms with Crippen LogP contribution < -0.4 is 10.3 Å². The number of aryl methyl sites for hydroxylation is 1. The highest BCUT2D eigenvalue weighted by molar-refractivity contribution is 5.67. The third-order valence-electron chi connectivity index (χ3n) is 3.76. The fraction of sp³-hybridized carbons (Fsp3) is 0.235. The number of hydrogen-bond donors (Lipinski definition) is 2. The molecule has 7 heteroatoms. The highest BCUT2D eigenvalue weighted by Gasteiger charge is 2.15. The lowest BCUT2D eigenvalue weighted by molar-refractivity contribution is -0.136. The maximum absolute atomic E-state index is 12.5. The first-order valence-electron chi connectivity index (χ1n) is 7.54. The Labute approximate surface area is 137 Å². The van der Waals surface area contributed by atoms with Gasteiger partial charge in [0.25, 0.3) is 5.56 Å². The number of nitrogens with one attached hydrogen (secondary N) is 1. The summed E-state index contributed by atoms with van der Waals surface area (Å²) in [7, 11) is 0. The molecule has 0 aliphatic heterocycles. The lowest BCUT2D eigenvalue weighted by Crippen LogP contribution is -2.22. The van der Waals surface area contributed by atoms with Crippen molar-refractivity contribution in [1.29, 1.82) is 0 Å². The Hall–Kier alpha value is -3.09. The van der Waals surface area contributed by atoms with Crippen LogP contribution in [-0.4, -0.2) is 25.7 Å². The molecule has 0 saturated carbocycles. The van der Waals surface area contributed by atoms with Crippen molar-refractivity contribution in [2.75, 3.05) is 0 Å². The summed E-state index contributed by atoms with van der Waals surface area (Å²) in [5, 5.41) is 11.7. The minimum atomic E-state index is -0.942. The Morgan fingerprint density at radius 2 is 2.08 bits per heavy atom. The van der Waals surface area contributed by atoms with Crippen LogP contribution >= 0.6 is 0 Å². The van der Waals surface area contributed by atoms with Crippen LogP contribution in [0, 0.1) is 6.92 Å². The Balaban J connectivity index is 1.89. The molecule has 0 amide bonds. The smallest absolute Gasteiger partial charge is 0.303 e. The molecule has 3 rings (SSSR count). The topological polar surface area (TPSA) is 96.7 Å². The lowest BCUT2D eigenvalue weighted by Gasteiger charge is -2.06. The van der Waals surface area contributed by atoms with Gasteiger partial charge in [-0.15, -0.1) is 0 Å². The van der Waals surface area contributed by atoms with Gasteiger partial charge in [-0.25, -0.2) is 9.50 Å². The van der Waals surface area contributed by atoms with Gasteiger partial charge in [0.2, 0.25) is 0 Å². The largest absolute Gasteiger partial charge is 0.489 e. The van der Waals surface area contributed by atoms with E-state index in [1.807, 2.05) is 30.3 Å². The molecule has 1 aromatic carbocycles. The molecule has 2 aromatic heterocycles. The normalized spacial score (nSPS) is 10.9. The molecule has 3 aromatic rings. The molecule has 2 heterocycles. The summed E-state index contributed by atoms with van der Waals surface area (Å²) in [4.78, 5) is 27.7. The van der Waals surface area contributed by atoms with E-state index < -0.39 is 5.97 Å². The number of carbonyl (C=O) groups is 1. The molecule has 0 saturated heterocycles. The average molecular weight is 327 g/mol. The van der Waals surface area contributed by atoms with Crippen molar-refractivity contribution >= 4 is 11.6 Å². The quantitative estimate of drug-likeness (QED) is 0.721. The highest BCUT2D eigenvalue weighted by Crippen LogP contribution is 2.15. The van der Waals surface area contributed by atoms with E-state index in [4.69, 9.17) is 9.84 Å². The Bertz CT molecular complexity index is 928. The molecule has 124 valence electrons. The fourth-order valence-electron chi connectivity index (χ4n) is 2.51. The van der Waals surface area contributed by atoms with Gasteiger partial charge >= 0.3 is 5.97 Å². The number of hydrogen-bond acceptors (Lipinski definition) is 4. The van der Waals surface area contributed by atoms with E-state index >= 15 is 0 Å². The SMILES string of the molecule is Cc1nc2c(COc3ccccc3)c[nH]n2c(=O)c1CCC(=O)O. The number of benzene rings is 1. The fourth-order valence-corrected chi connectivity index (χ4v) is 2.51. The molecule has 24 heavy (non-hydrogen) atoms. The van der Waals surface area contributed by atoms with Gasteiger partial charge in [0.05, 0.1) is 5.56 Å². The van der Waals surface area contributed by atoms with E-state index in [0.717, 1.165) is 11.3 Å². The maximum atomic E-state index is 12.5. The highest BCUT2D eigenvalue weighted by atomic mass is 16.5. The van der Waals surface area contributed by atoms with Gasteiger partial charge in [0.15, 0.2) is 5.65 Å². The van der Waals surface area contributed by atoms with Gasteiger partial charge in [0.1, 0.15) is 12.4 Å². The summed E-state index contributed by atoms with van der Waals surface area (Å²) in [5.41, 5.74) is 1.93. The Morgan fingerprint density at radius 1 is 1.33 bits per heavy atom. The van der Waals surface area contributed by atoms with E-state index in [0.29, 0.717) is 16.9 Å². The number of aromatic amines is 1. The summed E-state index contributed by atoms with van der Waals surface area (Å²) in [6, 6.07) is 9.37. The summed E-state index contributed by atoms with van der Waals surface area (Å²) < 4.78 is 7.02. The van der Waals surface area contributed by atoms with Crippen molar-refractivity contribution in [3.63, 3.8) is 0 Å². The van der Waals surface area contributed by atoms with Gasteiger partial charge in [-0.3, -0.25) is 14.7 Å². The molecule has 0 aliphatic rings. The Kier molecular flexibility index (Phi) is 4.33. The van der Waals surface area contributed by atoms with Crippen molar-refractivity contribution in [3.8, 4) is 5.75 Å². The van der Waals surface area contributed by atoms with Crippen molar-refractivity contribution in [1.82, 2.24) is 14.6 Å². The van der Waals surface area contributed by atoms with Crippen molar-refractivity contribution in [3.05, 3.63) is 63.7 Å². The predicted molar refractivity (Wildman–Crippen MR) is 87.3 cm³/mol. The van der Waals surface area contributed by atoms with Gasteiger partial charge in [-0.2, -0.15) is 0 Å². The van der Waals surface area contributed by atoms with E-state index in [1.54, 1.807) is 13.1 Å². The molecule has 0 fully saturated rings. The van der Waals surface area contributed by atoms with Gasteiger partial charge < -0.3 is 9.84 Å². The molecular weight excluding hydrogens is 310 g/mol. The van der Waals surface area contributed by atoms with Crippen molar-refractivity contribution < 1.29 is 14.6 Å². The molecule has 0 spiro atoms. The standard InChI is InChI=1S/C17H17N3O4/c1-11-14(7-8-15(21)22)17(23)20-16(19-11)12(9-18-20)10-24-13-5-3-2-4-6-13/h2-6,9,18H,7-8,10H2,1H3,(H,21,22). The molecule has 7 nitrogen and oxygen atoms in total. The summed E-state index contributed by atoms with van der Waals surface area (Å²) in [6.45, 7) is 1.99. The van der Waals surface area contributed by atoms with Crippen LogP contribution in [0.3, 0.4) is 0 Å². The first-order valence-corrected chi connectivity index (χ1v) is 7.54. The van der Waals surface area contributed by atoms with Crippen LogP contribution in [0.4, 0.5) is 0 Å². The lowest BCUT2D eigenvalue weighted by atomic mass is 10.1. The summed E-state index contributed by atoms with van der Waals surface area (Å²) in [5.74, 6) is -0.212.